The van der Waals surface area contributed by atoms with Crippen molar-refractivity contribution in [2.75, 3.05) is 36.5 Å². The van der Waals surface area contributed by atoms with E-state index in [0.29, 0.717) is 41.4 Å². The summed E-state index contributed by atoms with van der Waals surface area (Å²) in [6.45, 7) is 6.90. The van der Waals surface area contributed by atoms with E-state index in [9.17, 15) is 18.3 Å². The van der Waals surface area contributed by atoms with E-state index < -0.39 is 15.6 Å². The third-order valence-corrected chi connectivity index (χ3v) is 9.85. The molecule has 0 radical (unpaired) electrons. The molecule has 3 heterocycles. The quantitative estimate of drug-likeness (QED) is 0.204. The number of aromatic nitrogens is 3. The SMILES string of the molecule is CN1CCC[C@@]1(CO)c1nnc2ccc(O[C@@H]3CC[C@H](NC(=O)Nc4cc(NS(C)(=O)=O)cc(C(C)(C)C)c4)c4ccccc43)cn12. The number of hydrogen-bond donors (Lipinski definition) is 4. The number of benzene rings is 2. The van der Waals surface area contributed by atoms with Gasteiger partial charge in [-0.15, -0.1) is 10.2 Å². The summed E-state index contributed by atoms with van der Waals surface area (Å²) >= 11 is 0. The zero-order chi connectivity index (χ0) is 33.6. The van der Waals surface area contributed by atoms with Crippen molar-refractivity contribution in [2.45, 2.75) is 69.6 Å². The summed E-state index contributed by atoms with van der Waals surface area (Å²) in [5, 5.41) is 25.3. The largest absolute Gasteiger partial charge is 0.484 e. The van der Waals surface area contributed by atoms with Gasteiger partial charge in [-0.2, -0.15) is 0 Å². The standard InChI is InChI=1S/C34H43N7O5S/c1-33(2,3)22-17-23(19-24(18-22)39-47(5,44)45)35-32(43)36-28-12-13-29(27-10-7-6-9-26(27)28)46-25-11-14-30-37-38-31(41(30)20-25)34(21-42)15-8-16-40(34)4/h6-7,9-11,14,17-20,28-29,39,42H,8,12-13,15-16,21H2,1-5H3,(H2,35,36,43)/t28-,29+,34+/m0/s1. The minimum atomic E-state index is -3.50. The number of fused-ring (bicyclic) bond motifs is 2. The lowest BCUT2D eigenvalue weighted by Gasteiger charge is -2.33. The second kappa shape index (κ2) is 12.4. The van der Waals surface area contributed by atoms with Crippen LogP contribution in [-0.2, 0) is 21.0 Å². The van der Waals surface area contributed by atoms with Crippen LogP contribution in [0, 0.1) is 0 Å². The molecule has 250 valence electrons. The molecule has 4 aromatic rings. The zero-order valence-electron chi connectivity index (χ0n) is 27.4. The van der Waals surface area contributed by atoms with Crippen LogP contribution in [0.3, 0.4) is 0 Å². The number of nitrogens with one attached hydrogen (secondary N) is 3. The number of aliphatic hydroxyl groups is 1. The number of nitrogens with zero attached hydrogens (tertiary/aromatic N) is 4. The molecular formula is C34H43N7O5S. The third kappa shape index (κ3) is 6.78. The number of rotatable bonds is 8. The van der Waals surface area contributed by atoms with E-state index in [0.717, 1.165) is 42.3 Å². The zero-order valence-corrected chi connectivity index (χ0v) is 28.3. The number of carbonyl (C=O) groups is 1. The maximum Gasteiger partial charge on any atom is 0.319 e. The second-order valence-electron chi connectivity index (χ2n) is 13.7. The Labute approximate surface area is 275 Å². The van der Waals surface area contributed by atoms with Crippen molar-refractivity contribution in [3.8, 4) is 5.75 Å². The minimum Gasteiger partial charge on any atom is -0.484 e. The molecule has 4 N–H and O–H groups in total. The van der Waals surface area contributed by atoms with Crippen molar-refractivity contribution in [3.05, 3.63) is 83.3 Å². The Hall–Kier alpha value is -4.20. The van der Waals surface area contributed by atoms with Crippen molar-refractivity contribution in [1.82, 2.24) is 24.8 Å². The van der Waals surface area contributed by atoms with Gasteiger partial charge in [0.05, 0.1) is 30.8 Å². The highest BCUT2D eigenvalue weighted by Gasteiger charge is 2.44. The Morgan fingerprint density at radius 1 is 1.06 bits per heavy atom. The van der Waals surface area contributed by atoms with Gasteiger partial charge < -0.3 is 20.5 Å². The van der Waals surface area contributed by atoms with Crippen molar-refractivity contribution in [2.24, 2.45) is 0 Å². The monoisotopic (exact) mass is 661 g/mol. The number of likely N-dealkylation sites (tertiary alicyclic amines) is 1. The molecule has 2 aromatic heterocycles. The van der Waals surface area contributed by atoms with Crippen molar-refractivity contribution >= 4 is 33.1 Å². The molecule has 2 aliphatic rings. The first-order valence-corrected chi connectivity index (χ1v) is 17.8. The molecule has 0 unspecified atom stereocenters. The molecule has 1 aliphatic heterocycles. The van der Waals surface area contributed by atoms with Crippen LogP contribution in [0.2, 0.25) is 0 Å². The number of urea groups is 1. The Morgan fingerprint density at radius 3 is 2.49 bits per heavy atom. The summed E-state index contributed by atoms with van der Waals surface area (Å²) < 4.78 is 34.9. The summed E-state index contributed by atoms with van der Waals surface area (Å²) in [5.41, 5.74) is 3.54. The van der Waals surface area contributed by atoms with Gasteiger partial charge in [-0.3, -0.25) is 14.0 Å². The molecule has 12 nitrogen and oxygen atoms in total. The number of aliphatic hydroxyl groups excluding tert-OH is 1. The molecule has 2 amide bonds. The molecule has 2 aromatic carbocycles. The lowest BCUT2D eigenvalue weighted by Crippen LogP contribution is -2.43. The molecule has 0 saturated carbocycles. The van der Waals surface area contributed by atoms with Gasteiger partial charge in [0, 0.05) is 5.69 Å². The number of hydrogen-bond acceptors (Lipinski definition) is 8. The summed E-state index contributed by atoms with van der Waals surface area (Å²) in [4.78, 5) is 15.4. The lowest BCUT2D eigenvalue weighted by atomic mass is 9.85. The van der Waals surface area contributed by atoms with Crippen molar-refractivity contribution < 1.29 is 23.1 Å². The van der Waals surface area contributed by atoms with E-state index in [1.54, 1.807) is 12.1 Å². The fraction of sp³-hybridized carbons (Fsp3) is 0.441. The normalized spacial score (nSPS) is 21.7. The molecule has 0 spiro atoms. The molecule has 1 fully saturated rings. The number of sulfonamides is 1. The fourth-order valence-electron chi connectivity index (χ4n) is 6.74. The Kier molecular flexibility index (Phi) is 8.66. The number of amides is 2. The highest BCUT2D eigenvalue weighted by molar-refractivity contribution is 7.92. The van der Waals surface area contributed by atoms with Crippen LogP contribution in [0.5, 0.6) is 5.75 Å². The van der Waals surface area contributed by atoms with Crippen LogP contribution < -0.4 is 20.1 Å². The van der Waals surface area contributed by atoms with E-state index >= 15 is 0 Å². The lowest BCUT2D eigenvalue weighted by molar-refractivity contribution is 0.0735. The van der Waals surface area contributed by atoms with E-state index in [2.05, 4.69) is 30.5 Å². The van der Waals surface area contributed by atoms with E-state index in [1.165, 1.54) is 0 Å². The molecule has 13 heteroatoms. The van der Waals surface area contributed by atoms with Crippen LogP contribution in [0.25, 0.3) is 5.65 Å². The van der Waals surface area contributed by atoms with Crippen LogP contribution in [0.1, 0.15) is 81.1 Å². The average Bonchev–Trinajstić information content (AvgIpc) is 3.60. The van der Waals surface area contributed by atoms with Crippen LogP contribution in [-0.4, -0.2) is 65.5 Å². The first-order valence-electron chi connectivity index (χ1n) is 15.9. The Morgan fingerprint density at radius 2 is 1.81 bits per heavy atom. The number of anilines is 2. The van der Waals surface area contributed by atoms with Crippen LogP contribution in [0.15, 0.2) is 60.8 Å². The first kappa shape index (κ1) is 32.7. The van der Waals surface area contributed by atoms with Crippen LogP contribution >= 0.6 is 0 Å². The first-order chi connectivity index (χ1) is 22.3. The average molecular weight is 662 g/mol. The van der Waals surface area contributed by atoms with E-state index in [1.807, 2.05) is 80.9 Å². The van der Waals surface area contributed by atoms with Gasteiger partial charge in [0.15, 0.2) is 11.5 Å². The highest BCUT2D eigenvalue weighted by atomic mass is 32.2. The number of likely N-dealkylation sites (N-methyl/N-ethyl adjacent to an activating group) is 1. The summed E-state index contributed by atoms with van der Waals surface area (Å²) in [5.74, 6) is 1.36. The van der Waals surface area contributed by atoms with Gasteiger partial charge in [-0.05, 0) is 91.7 Å². The number of carbonyl (C=O) groups excluding carboxylic acids is 1. The molecule has 3 atom stereocenters. The molecule has 0 bridgehead atoms. The van der Waals surface area contributed by atoms with Gasteiger partial charge in [0.2, 0.25) is 10.0 Å². The smallest absolute Gasteiger partial charge is 0.319 e. The van der Waals surface area contributed by atoms with Gasteiger partial charge >= 0.3 is 6.03 Å². The predicted molar refractivity (Wildman–Crippen MR) is 181 cm³/mol. The maximum atomic E-state index is 13.3. The van der Waals surface area contributed by atoms with Gasteiger partial charge in [0.25, 0.3) is 0 Å². The fourth-order valence-corrected chi connectivity index (χ4v) is 7.29. The predicted octanol–water partition coefficient (Wildman–Crippen LogP) is 5.09. The van der Waals surface area contributed by atoms with Gasteiger partial charge in [-0.1, -0.05) is 45.0 Å². The van der Waals surface area contributed by atoms with Crippen molar-refractivity contribution in [3.63, 3.8) is 0 Å². The number of ether oxygens (including phenoxy) is 1. The molecule has 1 aliphatic carbocycles. The minimum absolute atomic E-state index is 0.0476. The molecule has 1 saturated heterocycles. The molecule has 47 heavy (non-hydrogen) atoms. The van der Waals surface area contributed by atoms with Gasteiger partial charge in [-0.25, -0.2) is 13.2 Å². The van der Waals surface area contributed by atoms with E-state index in [4.69, 9.17) is 4.74 Å². The molecule has 6 rings (SSSR count). The molecular weight excluding hydrogens is 618 g/mol. The summed E-state index contributed by atoms with van der Waals surface area (Å²) in [6, 6.07) is 16.3. The second-order valence-corrected chi connectivity index (χ2v) is 15.5. The van der Waals surface area contributed by atoms with Crippen molar-refractivity contribution in [1.29, 1.82) is 0 Å². The summed E-state index contributed by atoms with van der Waals surface area (Å²) in [6.07, 6.45) is 5.84. The topological polar surface area (TPSA) is 150 Å². The third-order valence-electron chi connectivity index (χ3n) is 9.25. The Bertz CT molecular complexity index is 1900. The van der Waals surface area contributed by atoms with E-state index in [-0.39, 0.29) is 30.2 Å². The van der Waals surface area contributed by atoms with Crippen LogP contribution in [0.4, 0.5) is 16.2 Å². The Balaban J connectivity index is 1.20. The highest BCUT2D eigenvalue weighted by Crippen LogP contribution is 2.40. The number of pyridine rings is 1. The maximum absolute atomic E-state index is 13.3. The van der Waals surface area contributed by atoms with Gasteiger partial charge in [0.1, 0.15) is 17.4 Å². The summed E-state index contributed by atoms with van der Waals surface area (Å²) in [7, 11) is -1.49.